The molecule has 4 N–H and O–H groups in total. The number of aliphatic hydroxyl groups is 1. The van der Waals surface area contributed by atoms with E-state index in [9.17, 15) is 29.7 Å². The van der Waals surface area contributed by atoms with Crippen molar-refractivity contribution in [3.63, 3.8) is 0 Å². The van der Waals surface area contributed by atoms with Gasteiger partial charge in [-0.05, 0) is 52.0 Å². The minimum Gasteiger partial charge on any atom is -0.507 e. The van der Waals surface area contributed by atoms with Gasteiger partial charge in [-0.25, -0.2) is 0 Å². The van der Waals surface area contributed by atoms with Crippen molar-refractivity contribution >= 4 is 17.3 Å². The van der Waals surface area contributed by atoms with Crippen molar-refractivity contribution in [2.75, 3.05) is 20.3 Å². The first-order valence-corrected chi connectivity index (χ1v) is 11.9. The van der Waals surface area contributed by atoms with Crippen LogP contribution < -0.4 is 19.5 Å². The monoisotopic (exact) mass is 523 g/mol. The molecule has 1 unspecified atom stereocenters. The summed E-state index contributed by atoms with van der Waals surface area (Å²) in [7, 11) is 1.55. The molecule has 10 heteroatoms. The van der Waals surface area contributed by atoms with Gasteiger partial charge in [-0.15, -0.1) is 0 Å². The molecule has 0 fully saturated rings. The molecule has 2 atom stereocenters. The molecule has 10 nitrogen and oxygen atoms in total. The van der Waals surface area contributed by atoms with E-state index >= 15 is 0 Å². The van der Waals surface area contributed by atoms with Crippen molar-refractivity contribution in [1.29, 1.82) is 0 Å². The second-order valence-electron chi connectivity index (χ2n) is 9.41. The van der Waals surface area contributed by atoms with Crippen molar-refractivity contribution in [3.05, 3.63) is 64.1 Å². The lowest BCUT2D eigenvalue weighted by Gasteiger charge is -2.29. The van der Waals surface area contributed by atoms with Crippen LogP contribution in [0.3, 0.4) is 0 Å². The number of hydrogen-bond donors (Lipinski definition) is 4. The third kappa shape index (κ3) is 4.26. The summed E-state index contributed by atoms with van der Waals surface area (Å²) < 4.78 is 16.4. The van der Waals surface area contributed by atoms with Gasteiger partial charge in [0.25, 0.3) is 0 Å². The van der Waals surface area contributed by atoms with E-state index in [1.807, 2.05) is 0 Å². The van der Waals surface area contributed by atoms with Crippen molar-refractivity contribution in [3.8, 4) is 28.7 Å². The van der Waals surface area contributed by atoms with E-state index in [0.29, 0.717) is 11.5 Å². The number of phenols is 2. The Balaban J connectivity index is 1.58. The third-order valence-electron chi connectivity index (χ3n) is 6.86. The van der Waals surface area contributed by atoms with E-state index in [4.69, 9.17) is 14.2 Å². The quantitative estimate of drug-likeness (QED) is 0.231. The van der Waals surface area contributed by atoms with Crippen molar-refractivity contribution in [2.45, 2.75) is 39.2 Å². The van der Waals surface area contributed by atoms with E-state index in [-0.39, 0.29) is 52.6 Å². The molecule has 0 amide bonds. The number of allylic oxidation sites excluding steroid dienone is 4. The van der Waals surface area contributed by atoms with Gasteiger partial charge in [0.2, 0.25) is 0 Å². The van der Waals surface area contributed by atoms with Gasteiger partial charge in [-0.2, -0.15) is 0 Å². The average molecular weight is 524 g/mol. The first kappa shape index (κ1) is 26.7. The fourth-order valence-corrected chi connectivity index (χ4v) is 4.65. The highest BCUT2D eigenvalue weighted by atomic mass is 16.5. The van der Waals surface area contributed by atoms with Crippen LogP contribution in [-0.2, 0) is 15.0 Å². The maximum Gasteiger partial charge on any atom is 0.194 e. The van der Waals surface area contributed by atoms with Gasteiger partial charge in [0, 0.05) is 23.9 Å². The molecule has 2 aliphatic rings. The number of aliphatic hydroxyl groups excluding tert-OH is 1. The molecule has 0 bridgehead atoms. The number of benzene rings is 2. The van der Waals surface area contributed by atoms with Crippen molar-refractivity contribution < 1.29 is 43.9 Å². The first-order chi connectivity index (χ1) is 17.9. The number of ketones is 3. The molecule has 0 spiro atoms. The second kappa shape index (κ2) is 9.86. The van der Waals surface area contributed by atoms with Gasteiger partial charge in [0.15, 0.2) is 17.3 Å². The zero-order valence-corrected chi connectivity index (χ0v) is 21.7. The van der Waals surface area contributed by atoms with Crippen LogP contribution in [0.5, 0.6) is 28.7 Å². The standard InChI is InChI=1S/C28H29NO9/c1-13-24(33)22(15(3)30)26-23(25(13)34)28(4)20(38-26)10-19(32)21(27(28)35)14(2)29-11-16(31)12-37-18-8-6-17(36-5)7-9-18/h6-10,16,29,31,33-34H,11-12H2,1-5H3/b21-14+/t16?,28-/m0/s1. The molecule has 1 heterocycles. The molecule has 38 heavy (non-hydrogen) atoms. The Morgan fingerprint density at radius 2 is 1.74 bits per heavy atom. The Kier molecular flexibility index (Phi) is 6.94. The minimum absolute atomic E-state index is 0.0139. The lowest BCUT2D eigenvalue weighted by atomic mass is 9.70. The van der Waals surface area contributed by atoms with E-state index in [0.717, 1.165) is 6.08 Å². The Bertz CT molecular complexity index is 1400. The maximum atomic E-state index is 13.8. The first-order valence-electron chi connectivity index (χ1n) is 11.9. The predicted octanol–water partition coefficient (Wildman–Crippen LogP) is 2.61. The Morgan fingerprint density at radius 3 is 2.34 bits per heavy atom. The molecule has 0 radical (unpaired) electrons. The van der Waals surface area contributed by atoms with Crippen molar-refractivity contribution in [1.82, 2.24) is 5.32 Å². The molecule has 1 aliphatic carbocycles. The number of methoxy groups -OCH3 is 1. The fourth-order valence-electron chi connectivity index (χ4n) is 4.65. The van der Waals surface area contributed by atoms with E-state index < -0.39 is 40.4 Å². The highest BCUT2D eigenvalue weighted by Gasteiger charge is 2.56. The summed E-state index contributed by atoms with van der Waals surface area (Å²) in [4.78, 5) is 39.0. The van der Waals surface area contributed by atoms with E-state index in [2.05, 4.69) is 5.32 Å². The molecule has 4 rings (SSSR count). The molecule has 2 aromatic carbocycles. The Labute approximate surface area is 219 Å². The molecular formula is C28H29NO9. The van der Waals surface area contributed by atoms with Crippen LogP contribution in [0.15, 0.2) is 47.4 Å². The number of aromatic hydroxyl groups is 2. The normalized spacial score (nSPS) is 20.1. The summed E-state index contributed by atoms with van der Waals surface area (Å²) in [6.45, 7) is 5.61. The summed E-state index contributed by atoms with van der Waals surface area (Å²) >= 11 is 0. The number of hydrogen-bond acceptors (Lipinski definition) is 10. The molecule has 2 aromatic rings. The van der Waals surface area contributed by atoms with Crippen LogP contribution in [0.4, 0.5) is 0 Å². The number of rotatable bonds is 8. The smallest absolute Gasteiger partial charge is 0.194 e. The van der Waals surface area contributed by atoms with Crippen LogP contribution >= 0.6 is 0 Å². The molecule has 200 valence electrons. The van der Waals surface area contributed by atoms with Crippen LogP contribution in [0.2, 0.25) is 0 Å². The SMILES string of the molecule is COc1ccc(OCC(O)CN/C(C)=C2\C(=O)C=C3Oc4c(C(C)=O)c(O)c(C)c(O)c4[C@@]3(C)C2=O)cc1. The maximum absolute atomic E-state index is 13.8. The number of carbonyl (C=O) groups excluding carboxylic acids is 3. The number of phenolic OH excluding ortho intramolecular Hbond substituents is 2. The number of fused-ring (bicyclic) bond motifs is 3. The lowest BCUT2D eigenvalue weighted by Crippen LogP contribution is -2.42. The number of nitrogens with one attached hydrogen (secondary N) is 1. The molecule has 0 saturated carbocycles. The second-order valence-corrected chi connectivity index (χ2v) is 9.41. The zero-order valence-electron chi connectivity index (χ0n) is 21.7. The summed E-state index contributed by atoms with van der Waals surface area (Å²) in [5, 5.41) is 34.6. The van der Waals surface area contributed by atoms with Gasteiger partial charge in [0.1, 0.15) is 58.2 Å². The largest absolute Gasteiger partial charge is 0.507 e. The van der Waals surface area contributed by atoms with Crippen LogP contribution in [0, 0.1) is 6.92 Å². The lowest BCUT2D eigenvalue weighted by molar-refractivity contribution is -0.123. The van der Waals surface area contributed by atoms with Crippen LogP contribution in [0.1, 0.15) is 42.3 Å². The summed E-state index contributed by atoms with van der Waals surface area (Å²) in [5.41, 5.74) is -1.71. The zero-order chi connectivity index (χ0) is 27.9. The van der Waals surface area contributed by atoms with E-state index in [1.165, 1.54) is 27.7 Å². The Hall–Kier alpha value is -4.31. The Morgan fingerprint density at radius 1 is 1.11 bits per heavy atom. The van der Waals surface area contributed by atoms with E-state index in [1.54, 1.807) is 31.4 Å². The minimum atomic E-state index is -1.61. The van der Waals surface area contributed by atoms with Crippen molar-refractivity contribution in [2.24, 2.45) is 0 Å². The predicted molar refractivity (Wildman–Crippen MR) is 136 cm³/mol. The number of ether oxygens (including phenoxy) is 3. The summed E-state index contributed by atoms with van der Waals surface area (Å²) in [5.74, 6) is -1.64. The fraction of sp³-hybridized carbons (Fsp3) is 0.321. The highest BCUT2D eigenvalue weighted by Crippen LogP contribution is 2.57. The number of carbonyl (C=O) groups is 3. The summed E-state index contributed by atoms with van der Waals surface area (Å²) in [6, 6.07) is 6.85. The third-order valence-corrected chi connectivity index (χ3v) is 6.86. The molecular weight excluding hydrogens is 494 g/mol. The topological polar surface area (TPSA) is 152 Å². The number of Topliss-reactive ketones (excluding diaryl/α,β-unsaturated/α-hetero) is 2. The molecule has 0 aromatic heterocycles. The summed E-state index contributed by atoms with van der Waals surface area (Å²) in [6.07, 6.45) is 0.174. The van der Waals surface area contributed by atoms with Crippen LogP contribution in [-0.4, -0.2) is 59.0 Å². The van der Waals surface area contributed by atoms with Gasteiger partial charge in [-0.3, -0.25) is 14.4 Å². The van der Waals surface area contributed by atoms with Crippen LogP contribution in [0.25, 0.3) is 0 Å². The van der Waals surface area contributed by atoms with Gasteiger partial charge in [0.05, 0.1) is 18.2 Å². The van der Waals surface area contributed by atoms with Gasteiger partial charge >= 0.3 is 0 Å². The van der Waals surface area contributed by atoms with Gasteiger partial charge < -0.3 is 34.8 Å². The molecule has 1 aliphatic heterocycles. The van der Waals surface area contributed by atoms with Gasteiger partial charge in [-0.1, -0.05) is 0 Å². The highest BCUT2D eigenvalue weighted by molar-refractivity contribution is 6.31. The molecule has 0 saturated heterocycles. The average Bonchev–Trinajstić information content (AvgIpc) is 3.17.